The number of hydrogen-bond acceptors (Lipinski definition) is 2. The minimum absolute atomic E-state index is 0.0113. The molecule has 0 N–H and O–H groups in total. The highest BCUT2D eigenvalue weighted by molar-refractivity contribution is 5.63. The lowest BCUT2D eigenvalue weighted by molar-refractivity contribution is 0.628. The fraction of sp³-hybridized carbons (Fsp3) is 0.143. The van der Waals surface area contributed by atoms with Gasteiger partial charge in [0.15, 0.2) is 0 Å². The first-order valence-electron chi connectivity index (χ1n) is 3.59. The van der Waals surface area contributed by atoms with Crippen LogP contribution in [-0.4, -0.2) is 0 Å². The van der Waals surface area contributed by atoms with Gasteiger partial charge in [0.2, 0.25) is 0 Å². The van der Waals surface area contributed by atoms with Gasteiger partial charge in [0, 0.05) is 9.82 Å². The van der Waals surface area contributed by atoms with Crippen molar-refractivity contribution in [1.29, 1.82) is 0 Å². The molecule has 0 aliphatic heterocycles. The van der Waals surface area contributed by atoms with E-state index < -0.39 is 5.82 Å². The quantitative estimate of drug-likeness (QED) is 0.384. The molecular formula is C7H5FN6. The zero-order valence-electron chi connectivity index (χ0n) is 7.22. The molecule has 1 aromatic rings. The van der Waals surface area contributed by atoms with Crippen molar-refractivity contribution in [2.45, 2.75) is 6.92 Å². The number of nitrogens with zero attached hydrogens (tertiary/aromatic N) is 6. The molecule has 0 saturated heterocycles. The molecule has 14 heavy (non-hydrogen) atoms. The van der Waals surface area contributed by atoms with Crippen LogP contribution in [0.1, 0.15) is 5.56 Å². The molecule has 6 nitrogen and oxygen atoms in total. The van der Waals surface area contributed by atoms with Crippen LogP contribution in [0.4, 0.5) is 15.8 Å². The van der Waals surface area contributed by atoms with E-state index in [0.717, 1.165) is 0 Å². The average molecular weight is 192 g/mol. The summed E-state index contributed by atoms with van der Waals surface area (Å²) >= 11 is 0. The predicted molar refractivity (Wildman–Crippen MR) is 48.7 cm³/mol. The normalized spacial score (nSPS) is 8.71. The molecule has 0 fully saturated rings. The van der Waals surface area contributed by atoms with E-state index in [2.05, 4.69) is 20.1 Å². The minimum Gasteiger partial charge on any atom is -0.206 e. The van der Waals surface area contributed by atoms with Crippen molar-refractivity contribution in [3.63, 3.8) is 0 Å². The summed E-state index contributed by atoms with van der Waals surface area (Å²) in [5, 5.41) is 6.33. The Morgan fingerprint density at radius 1 is 1.21 bits per heavy atom. The van der Waals surface area contributed by atoms with Crippen molar-refractivity contribution in [2.75, 3.05) is 0 Å². The Labute approximate surface area is 78.2 Å². The summed E-state index contributed by atoms with van der Waals surface area (Å²) < 4.78 is 13.2. The van der Waals surface area contributed by atoms with Gasteiger partial charge < -0.3 is 0 Å². The van der Waals surface area contributed by atoms with Crippen molar-refractivity contribution in [2.24, 2.45) is 10.2 Å². The lowest BCUT2D eigenvalue weighted by Crippen LogP contribution is -1.79. The molecule has 0 spiro atoms. The van der Waals surface area contributed by atoms with Gasteiger partial charge in [0.05, 0.1) is 11.4 Å². The Bertz CT molecular complexity index is 455. The van der Waals surface area contributed by atoms with Crippen molar-refractivity contribution >= 4 is 11.4 Å². The number of aryl methyl sites for hydroxylation is 1. The van der Waals surface area contributed by atoms with Crippen molar-refractivity contribution < 1.29 is 4.39 Å². The third kappa shape index (κ3) is 1.92. The molecule has 7 heteroatoms. The lowest BCUT2D eigenvalue weighted by Gasteiger charge is -2.01. The van der Waals surface area contributed by atoms with E-state index in [0.29, 0.717) is 5.56 Å². The van der Waals surface area contributed by atoms with E-state index in [1.54, 1.807) is 6.92 Å². The maximum Gasteiger partial charge on any atom is 0.133 e. The first-order valence-corrected chi connectivity index (χ1v) is 3.59. The van der Waals surface area contributed by atoms with Gasteiger partial charge in [-0.1, -0.05) is 10.2 Å². The molecule has 0 atom stereocenters. The standard InChI is InChI=1S/C7H5FN6/c1-4-2-5(8)7(12-14-10)6(3-4)11-13-9/h2-3H,1H3. The molecule has 0 radical (unpaired) electrons. The zero-order valence-corrected chi connectivity index (χ0v) is 7.22. The molecule has 0 bridgehead atoms. The van der Waals surface area contributed by atoms with E-state index in [1.807, 2.05) is 0 Å². The van der Waals surface area contributed by atoms with E-state index >= 15 is 0 Å². The van der Waals surface area contributed by atoms with Crippen LogP contribution in [0.2, 0.25) is 0 Å². The first kappa shape index (κ1) is 9.85. The number of azide groups is 2. The highest BCUT2D eigenvalue weighted by atomic mass is 19.1. The summed E-state index contributed by atoms with van der Waals surface area (Å²) in [6.45, 7) is 1.64. The Balaban J connectivity index is 3.50. The summed E-state index contributed by atoms with van der Waals surface area (Å²) in [5.41, 5.74) is 16.7. The maximum absolute atomic E-state index is 13.2. The Morgan fingerprint density at radius 3 is 2.43 bits per heavy atom. The summed E-state index contributed by atoms with van der Waals surface area (Å²) in [5.74, 6) is -0.704. The molecule has 70 valence electrons. The fourth-order valence-electron chi connectivity index (χ4n) is 0.984. The van der Waals surface area contributed by atoms with Crippen LogP contribution in [0.15, 0.2) is 22.4 Å². The third-order valence-electron chi connectivity index (χ3n) is 1.48. The Morgan fingerprint density at radius 2 is 1.86 bits per heavy atom. The Kier molecular flexibility index (Phi) is 2.91. The van der Waals surface area contributed by atoms with E-state index in [9.17, 15) is 4.39 Å². The van der Waals surface area contributed by atoms with Crippen LogP contribution in [-0.2, 0) is 0 Å². The van der Waals surface area contributed by atoms with Crippen molar-refractivity contribution in [3.8, 4) is 0 Å². The van der Waals surface area contributed by atoms with Crippen LogP contribution >= 0.6 is 0 Å². The molecule has 0 aliphatic rings. The van der Waals surface area contributed by atoms with Crippen molar-refractivity contribution in [3.05, 3.63) is 44.4 Å². The van der Waals surface area contributed by atoms with Gasteiger partial charge in [0.25, 0.3) is 0 Å². The Hall–Kier alpha value is -2.23. The van der Waals surface area contributed by atoms with Gasteiger partial charge in [-0.2, -0.15) is 0 Å². The monoisotopic (exact) mass is 192 g/mol. The molecule has 0 heterocycles. The number of rotatable bonds is 2. The molecule has 0 unspecified atom stereocenters. The van der Waals surface area contributed by atoms with Gasteiger partial charge in [-0.3, -0.25) is 0 Å². The second-order valence-corrected chi connectivity index (χ2v) is 2.49. The maximum atomic E-state index is 13.2. The smallest absolute Gasteiger partial charge is 0.133 e. The zero-order chi connectivity index (χ0) is 10.6. The molecule has 1 rings (SSSR count). The summed E-state index contributed by atoms with van der Waals surface area (Å²) in [6, 6.07) is 2.63. The van der Waals surface area contributed by atoms with E-state index in [-0.39, 0.29) is 11.4 Å². The number of benzene rings is 1. The molecule has 0 saturated carbocycles. The van der Waals surface area contributed by atoms with Crippen LogP contribution in [0, 0.1) is 12.7 Å². The van der Waals surface area contributed by atoms with Gasteiger partial charge in [0.1, 0.15) is 5.82 Å². The number of hydrogen-bond donors (Lipinski definition) is 0. The minimum atomic E-state index is -0.704. The average Bonchev–Trinajstić information content (AvgIpc) is 2.11. The summed E-state index contributed by atoms with van der Waals surface area (Å²) in [7, 11) is 0. The summed E-state index contributed by atoms with van der Waals surface area (Å²) in [6.07, 6.45) is 0. The molecule has 0 aliphatic carbocycles. The highest BCUT2D eigenvalue weighted by Crippen LogP contribution is 2.32. The van der Waals surface area contributed by atoms with Crippen LogP contribution < -0.4 is 0 Å². The largest absolute Gasteiger partial charge is 0.206 e. The van der Waals surface area contributed by atoms with Crippen LogP contribution in [0.5, 0.6) is 0 Å². The third-order valence-corrected chi connectivity index (χ3v) is 1.48. The first-order chi connectivity index (χ1) is 6.69. The number of halogens is 1. The highest BCUT2D eigenvalue weighted by Gasteiger charge is 2.06. The lowest BCUT2D eigenvalue weighted by atomic mass is 10.2. The van der Waals surface area contributed by atoms with Crippen LogP contribution in [0.25, 0.3) is 20.9 Å². The van der Waals surface area contributed by atoms with E-state index in [4.69, 9.17) is 11.1 Å². The summed E-state index contributed by atoms with van der Waals surface area (Å²) in [4.78, 5) is 4.95. The predicted octanol–water partition coefficient (Wildman–Crippen LogP) is 4.02. The van der Waals surface area contributed by atoms with Gasteiger partial charge in [-0.25, -0.2) is 4.39 Å². The van der Waals surface area contributed by atoms with E-state index in [1.165, 1.54) is 12.1 Å². The van der Waals surface area contributed by atoms with Crippen molar-refractivity contribution in [1.82, 2.24) is 0 Å². The second kappa shape index (κ2) is 4.13. The van der Waals surface area contributed by atoms with Gasteiger partial charge in [-0.05, 0) is 35.7 Å². The molecular weight excluding hydrogens is 187 g/mol. The van der Waals surface area contributed by atoms with Gasteiger partial charge in [-0.15, -0.1) is 0 Å². The van der Waals surface area contributed by atoms with Crippen LogP contribution in [0.3, 0.4) is 0 Å². The van der Waals surface area contributed by atoms with Gasteiger partial charge >= 0.3 is 0 Å². The second-order valence-electron chi connectivity index (χ2n) is 2.49. The topological polar surface area (TPSA) is 97.5 Å². The fourth-order valence-corrected chi connectivity index (χ4v) is 0.984. The molecule has 1 aromatic carbocycles. The molecule has 0 aromatic heterocycles. The molecule has 0 amide bonds. The SMILES string of the molecule is Cc1cc(F)c(N=[N+]=[N-])c(N=[N+]=[N-])c1.